The molecule has 0 bridgehead atoms. The van der Waals surface area contributed by atoms with E-state index in [0.29, 0.717) is 16.7 Å². The molecule has 24 heavy (non-hydrogen) atoms. The molecule has 1 amide bonds. The average Bonchev–Trinajstić information content (AvgIpc) is 2.54. The van der Waals surface area contributed by atoms with E-state index in [1.807, 2.05) is 0 Å². The van der Waals surface area contributed by atoms with Crippen LogP contribution in [-0.2, 0) is 10.2 Å². The molecule has 0 aliphatic heterocycles. The van der Waals surface area contributed by atoms with Gasteiger partial charge in [0.25, 0.3) is 6.43 Å². The molecule has 0 aromatic heterocycles. The summed E-state index contributed by atoms with van der Waals surface area (Å²) >= 11 is 0. The van der Waals surface area contributed by atoms with E-state index in [-0.39, 0.29) is 5.56 Å². The highest BCUT2D eigenvalue weighted by Crippen LogP contribution is 2.30. The first kappa shape index (κ1) is 18.0. The van der Waals surface area contributed by atoms with Crippen molar-refractivity contribution in [1.82, 2.24) is 0 Å². The van der Waals surface area contributed by atoms with Gasteiger partial charge in [0.15, 0.2) is 0 Å². The maximum atomic E-state index is 14.4. The number of carbonyl (C=O) groups is 1. The van der Waals surface area contributed by atoms with Crippen LogP contribution in [0.4, 0.5) is 13.2 Å². The predicted molar refractivity (Wildman–Crippen MR) is 87.0 cm³/mol. The van der Waals surface area contributed by atoms with E-state index in [1.54, 1.807) is 19.9 Å². The fourth-order valence-corrected chi connectivity index (χ4v) is 2.31. The van der Waals surface area contributed by atoms with Gasteiger partial charge < -0.3 is 11.5 Å². The Morgan fingerprint density at radius 1 is 1.08 bits per heavy atom. The van der Waals surface area contributed by atoms with Crippen molar-refractivity contribution in [2.75, 3.05) is 0 Å². The highest BCUT2D eigenvalue weighted by atomic mass is 19.3. The Hall–Kier alpha value is -2.34. The van der Waals surface area contributed by atoms with Gasteiger partial charge in [0.2, 0.25) is 5.91 Å². The van der Waals surface area contributed by atoms with Crippen LogP contribution in [0.5, 0.6) is 0 Å². The number of halogens is 3. The molecular formula is C18H19F3N2O. The first-order valence-electron chi connectivity index (χ1n) is 7.38. The van der Waals surface area contributed by atoms with Crippen molar-refractivity contribution in [2.24, 2.45) is 11.5 Å². The van der Waals surface area contributed by atoms with E-state index < -0.39 is 29.6 Å². The quantitative estimate of drug-likeness (QED) is 0.877. The minimum atomic E-state index is -2.66. The van der Waals surface area contributed by atoms with Crippen molar-refractivity contribution < 1.29 is 18.0 Å². The van der Waals surface area contributed by atoms with Crippen molar-refractivity contribution in [3.05, 3.63) is 59.4 Å². The largest absolute Gasteiger partial charge is 0.369 e. The number of carbonyl (C=O) groups excluding carboxylic acids is 1. The number of primary amides is 1. The van der Waals surface area contributed by atoms with Crippen LogP contribution in [0.15, 0.2) is 42.5 Å². The lowest BCUT2D eigenvalue weighted by Crippen LogP contribution is -2.35. The molecule has 0 aliphatic rings. The standard InChI is InChI=1S/C18H19F3N2O/c1-18(2,17(23)24)12-7-8-13(14(19)9-12)10-3-5-11(6-4-10)15(22)16(20)21/h3-9,15-16H,22H2,1-2H3,(H2,23,24). The van der Waals surface area contributed by atoms with E-state index in [0.717, 1.165) is 0 Å². The molecule has 0 spiro atoms. The molecule has 6 heteroatoms. The Kier molecular flexibility index (Phi) is 4.99. The van der Waals surface area contributed by atoms with E-state index in [4.69, 9.17) is 11.5 Å². The van der Waals surface area contributed by atoms with Gasteiger partial charge in [-0.2, -0.15) is 0 Å². The van der Waals surface area contributed by atoms with Crippen molar-refractivity contribution in [1.29, 1.82) is 0 Å². The van der Waals surface area contributed by atoms with E-state index in [1.165, 1.54) is 36.4 Å². The third-order valence-corrected chi connectivity index (χ3v) is 4.18. The third-order valence-electron chi connectivity index (χ3n) is 4.18. The summed E-state index contributed by atoms with van der Waals surface area (Å²) in [7, 11) is 0. The van der Waals surface area contributed by atoms with Crippen LogP contribution in [0.3, 0.4) is 0 Å². The molecule has 0 heterocycles. The van der Waals surface area contributed by atoms with Gasteiger partial charge in [-0.3, -0.25) is 4.79 Å². The van der Waals surface area contributed by atoms with Crippen molar-refractivity contribution in [2.45, 2.75) is 31.7 Å². The maximum absolute atomic E-state index is 14.4. The van der Waals surface area contributed by atoms with Crippen LogP contribution in [-0.4, -0.2) is 12.3 Å². The van der Waals surface area contributed by atoms with Gasteiger partial charge in [0.05, 0.1) is 11.5 Å². The van der Waals surface area contributed by atoms with Crippen molar-refractivity contribution >= 4 is 5.91 Å². The molecule has 0 saturated carbocycles. The first-order valence-corrected chi connectivity index (χ1v) is 7.38. The maximum Gasteiger partial charge on any atom is 0.257 e. The van der Waals surface area contributed by atoms with Crippen LogP contribution in [0, 0.1) is 5.82 Å². The highest BCUT2D eigenvalue weighted by molar-refractivity contribution is 5.86. The molecule has 1 atom stereocenters. The molecule has 0 aliphatic carbocycles. The first-order chi connectivity index (χ1) is 11.1. The Morgan fingerprint density at radius 3 is 2.12 bits per heavy atom. The number of benzene rings is 2. The summed E-state index contributed by atoms with van der Waals surface area (Å²) < 4.78 is 39.6. The summed E-state index contributed by atoms with van der Waals surface area (Å²) in [5, 5.41) is 0. The SMILES string of the molecule is CC(C)(C(N)=O)c1ccc(-c2ccc(C(N)C(F)F)cc2)c(F)c1. The van der Waals surface area contributed by atoms with E-state index in [2.05, 4.69) is 0 Å². The van der Waals surface area contributed by atoms with Crippen molar-refractivity contribution in [3.63, 3.8) is 0 Å². The molecule has 0 radical (unpaired) electrons. The summed E-state index contributed by atoms with van der Waals surface area (Å²) in [6.07, 6.45) is -2.66. The normalized spacial score (nSPS) is 13.1. The lowest BCUT2D eigenvalue weighted by atomic mass is 9.83. The average molecular weight is 336 g/mol. The molecule has 4 N–H and O–H groups in total. The van der Waals surface area contributed by atoms with Crippen molar-refractivity contribution in [3.8, 4) is 11.1 Å². The second-order valence-electron chi connectivity index (χ2n) is 6.17. The zero-order chi connectivity index (χ0) is 18.1. The molecule has 128 valence electrons. The van der Waals surface area contributed by atoms with E-state index in [9.17, 15) is 18.0 Å². The van der Waals surface area contributed by atoms with Crippen LogP contribution in [0.1, 0.15) is 31.0 Å². The fourth-order valence-electron chi connectivity index (χ4n) is 2.31. The minimum Gasteiger partial charge on any atom is -0.369 e. The Morgan fingerprint density at radius 2 is 1.67 bits per heavy atom. The molecule has 2 aromatic carbocycles. The lowest BCUT2D eigenvalue weighted by molar-refractivity contribution is -0.122. The van der Waals surface area contributed by atoms with Gasteiger partial charge in [0, 0.05) is 5.56 Å². The zero-order valence-electron chi connectivity index (χ0n) is 13.4. The van der Waals surface area contributed by atoms with Crippen LogP contribution in [0.25, 0.3) is 11.1 Å². The molecule has 2 rings (SSSR count). The summed E-state index contributed by atoms with van der Waals surface area (Å²) in [5.41, 5.74) is 11.3. The zero-order valence-corrected chi connectivity index (χ0v) is 13.4. The highest BCUT2D eigenvalue weighted by Gasteiger charge is 2.28. The van der Waals surface area contributed by atoms with Gasteiger partial charge in [-0.05, 0) is 36.6 Å². The number of nitrogens with two attached hydrogens (primary N) is 2. The number of amides is 1. The lowest BCUT2D eigenvalue weighted by Gasteiger charge is -2.21. The van der Waals surface area contributed by atoms with Gasteiger partial charge in [-0.15, -0.1) is 0 Å². The van der Waals surface area contributed by atoms with Gasteiger partial charge >= 0.3 is 0 Å². The molecule has 1 unspecified atom stereocenters. The molecule has 3 nitrogen and oxygen atoms in total. The van der Waals surface area contributed by atoms with Crippen LogP contribution < -0.4 is 11.5 Å². The monoisotopic (exact) mass is 336 g/mol. The smallest absolute Gasteiger partial charge is 0.257 e. The predicted octanol–water partition coefficient (Wildman–Crippen LogP) is 3.52. The molecule has 2 aromatic rings. The number of hydrogen-bond donors (Lipinski definition) is 2. The third kappa shape index (κ3) is 3.43. The second-order valence-corrected chi connectivity index (χ2v) is 6.17. The Balaban J connectivity index is 2.35. The molecule has 0 fully saturated rings. The Labute approximate surface area is 138 Å². The van der Waals surface area contributed by atoms with Gasteiger partial charge in [-0.1, -0.05) is 36.4 Å². The second kappa shape index (κ2) is 6.65. The number of alkyl halides is 2. The van der Waals surface area contributed by atoms with Crippen LogP contribution >= 0.6 is 0 Å². The minimum absolute atomic E-state index is 0.278. The van der Waals surface area contributed by atoms with Gasteiger partial charge in [0.1, 0.15) is 5.82 Å². The summed E-state index contributed by atoms with van der Waals surface area (Å²) in [4.78, 5) is 11.5. The number of hydrogen-bond acceptors (Lipinski definition) is 2. The van der Waals surface area contributed by atoms with Crippen LogP contribution in [0.2, 0.25) is 0 Å². The molecule has 0 saturated heterocycles. The molecular weight excluding hydrogens is 317 g/mol. The summed E-state index contributed by atoms with van der Waals surface area (Å²) in [6, 6.07) is 9.03. The van der Waals surface area contributed by atoms with E-state index >= 15 is 0 Å². The summed E-state index contributed by atoms with van der Waals surface area (Å²) in [5.74, 6) is -1.08. The number of rotatable bonds is 5. The van der Waals surface area contributed by atoms with Gasteiger partial charge in [-0.25, -0.2) is 13.2 Å². The Bertz CT molecular complexity index is 742. The summed E-state index contributed by atoms with van der Waals surface area (Å²) in [6.45, 7) is 3.23. The topological polar surface area (TPSA) is 69.1 Å². The fraction of sp³-hybridized carbons (Fsp3) is 0.278.